The predicted octanol–water partition coefficient (Wildman–Crippen LogP) is 2.70. The Morgan fingerprint density at radius 2 is 1.27 bits per heavy atom. The van der Waals surface area contributed by atoms with E-state index in [-0.39, 0.29) is 11.8 Å². The summed E-state index contributed by atoms with van der Waals surface area (Å²) in [4.78, 5) is 22.6. The topological polar surface area (TPSA) is 133 Å². The lowest BCUT2D eigenvalue weighted by atomic mass is 10.2. The number of halogens is 2. The Labute approximate surface area is 183 Å². The maximum absolute atomic E-state index is 11.3. The molecule has 0 aliphatic rings. The van der Waals surface area contributed by atoms with Crippen molar-refractivity contribution < 1.29 is 9.59 Å². The van der Waals surface area contributed by atoms with Crippen LogP contribution in [0, 0.1) is 0 Å². The average Bonchev–Trinajstić information content (AvgIpc) is 2.64. The highest BCUT2D eigenvalue weighted by atomic mass is 35.5. The van der Waals surface area contributed by atoms with Crippen LogP contribution in [0.2, 0.25) is 10.0 Å². The Kier molecular flexibility index (Phi) is 8.60. The zero-order chi connectivity index (χ0) is 22.1. The number of benzene rings is 2. The number of nitrogens with two attached hydrogens (primary N) is 1. The zero-order valence-electron chi connectivity index (χ0n) is 16.2. The molecular weight excluding hydrogens is 429 g/mol. The van der Waals surface area contributed by atoms with Crippen LogP contribution in [0.3, 0.4) is 0 Å². The molecule has 0 aromatic heterocycles. The van der Waals surface area contributed by atoms with Crippen LogP contribution < -0.4 is 27.2 Å². The van der Waals surface area contributed by atoms with Gasteiger partial charge >= 0.3 is 0 Å². The lowest BCUT2D eigenvalue weighted by Gasteiger charge is -2.11. The van der Waals surface area contributed by atoms with E-state index in [0.717, 1.165) is 0 Å². The van der Waals surface area contributed by atoms with Gasteiger partial charge in [0, 0.05) is 35.0 Å². The highest BCUT2D eigenvalue weighted by Gasteiger charge is 2.05. The second kappa shape index (κ2) is 11.1. The molecule has 30 heavy (non-hydrogen) atoms. The highest BCUT2D eigenvalue weighted by molar-refractivity contribution is 6.31. The number of carbonyl (C=O) groups excluding carboxylic acids is 2. The van der Waals surface area contributed by atoms with E-state index >= 15 is 0 Å². The van der Waals surface area contributed by atoms with Gasteiger partial charge in [-0.2, -0.15) is 10.2 Å². The Hall–Kier alpha value is -3.14. The minimum atomic E-state index is -0.800. The Morgan fingerprint density at radius 3 is 1.63 bits per heavy atom. The first-order valence-corrected chi connectivity index (χ1v) is 9.47. The first-order chi connectivity index (χ1) is 14.2. The number of hydrazone groups is 2. The van der Waals surface area contributed by atoms with Crippen molar-refractivity contribution in [1.29, 1.82) is 0 Å². The smallest absolute Gasteiger partial charge is 0.221 e. The number of carbonyl (C=O) groups is 2. The van der Waals surface area contributed by atoms with Crippen LogP contribution in [-0.4, -0.2) is 30.5 Å². The summed E-state index contributed by atoms with van der Waals surface area (Å²) < 4.78 is 0. The number of amides is 2. The monoisotopic (exact) mass is 449 g/mol. The summed E-state index contributed by atoms with van der Waals surface area (Å²) in [6.07, 6.45) is 2.17. The summed E-state index contributed by atoms with van der Waals surface area (Å²) in [6, 6.07) is 10.0. The predicted molar refractivity (Wildman–Crippen MR) is 121 cm³/mol. The van der Waals surface area contributed by atoms with Crippen LogP contribution in [0.5, 0.6) is 0 Å². The number of rotatable bonds is 8. The van der Waals surface area contributed by atoms with Crippen molar-refractivity contribution in [3.63, 3.8) is 0 Å². The number of anilines is 2. The first kappa shape index (κ1) is 23.1. The van der Waals surface area contributed by atoms with E-state index in [4.69, 9.17) is 28.9 Å². The third-order valence-electron chi connectivity index (χ3n) is 3.49. The van der Waals surface area contributed by atoms with Crippen LogP contribution in [-0.2, 0) is 9.59 Å². The summed E-state index contributed by atoms with van der Waals surface area (Å²) >= 11 is 11.9. The third-order valence-corrected chi connectivity index (χ3v) is 3.96. The van der Waals surface area contributed by atoms with Gasteiger partial charge in [-0.05, 0) is 36.4 Å². The lowest BCUT2D eigenvalue weighted by Crippen LogP contribution is -2.44. The normalized spacial score (nSPS) is 11.1. The fourth-order valence-corrected chi connectivity index (χ4v) is 2.63. The molecule has 2 aromatic carbocycles. The number of hydrogen-bond donors (Lipinski definition) is 5. The molecule has 0 saturated carbocycles. The fraction of sp³-hybridized carbons (Fsp3) is 0.158. The minimum absolute atomic E-state index is 0.228. The molecule has 11 heteroatoms. The standard InChI is InChI=1S/C19H21Cl2N7O2/c1-11(29)25-17-7-15(20)5-3-13(17)9-23-27-19(22)28-24-10-14-4-6-16(21)8-18(14)26-12(2)30/h3-10,19,27-28H,22H2,1-2H3,(H,25,29)(H,26,30)/b23-9+,24-10+. The van der Waals surface area contributed by atoms with Crippen molar-refractivity contribution in [2.75, 3.05) is 10.6 Å². The van der Waals surface area contributed by atoms with Crippen molar-refractivity contribution in [2.24, 2.45) is 15.9 Å². The van der Waals surface area contributed by atoms with Crippen LogP contribution in [0.4, 0.5) is 11.4 Å². The second-order valence-corrected chi connectivity index (χ2v) is 6.95. The van der Waals surface area contributed by atoms with Gasteiger partial charge in [-0.25, -0.2) is 0 Å². The molecule has 2 rings (SSSR count). The van der Waals surface area contributed by atoms with Crippen molar-refractivity contribution in [2.45, 2.75) is 20.1 Å². The van der Waals surface area contributed by atoms with Crippen LogP contribution in [0.1, 0.15) is 25.0 Å². The zero-order valence-corrected chi connectivity index (χ0v) is 17.8. The number of hydrogen-bond acceptors (Lipinski definition) is 7. The Balaban J connectivity index is 1.97. The molecule has 0 bridgehead atoms. The molecule has 0 aliphatic carbocycles. The van der Waals surface area contributed by atoms with E-state index in [1.165, 1.54) is 26.3 Å². The summed E-state index contributed by atoms with van der Waals surface area (Å²) in [7, 11) is 0. The van der Waals surface area contributed by atoms with Gasteiger partial charge in [-0.3, -0.25) is 26.2 Å². The third kappa shape index (κ3) is 7.70. The Bertz CT molecular complexity index is 902. The second-order valence-electron chi connectivity index (χ2n) is 6.08. The molecule has 158 valence electrons. The molecule has 9 nitrogen and oxygen atoms in total. The molecule has 2 amide bonds. The molecule has 0 saturated heterocycles. The van der Waals surface area contributed by atoms with Gasteiger partial charge in [-0.15, -0.1) is 0 Å². The summed E-state index contributed by atoms with van der Waals surface area (Å²) in [5.41, 5.74) is 13.5. The van der Waals surface area contributed by atoms with Crippen molar-refractivity contribution in [1.82, 2.24) is 10.9 Å². The molecular formula is C19H21Cl2N7O2. The van der Waals surface area contributed by atoms with Gasteiger partial charge in [0.25, 0.3) is 0 Å². The Morgan fingerprint density at radius 1 is 0.867 bits per heavy atom. The molecule has 0 aliphatic heterocycles. The first-order valence-electron chi connectivity index (χ1n) is 8.71. The van der Waals surface area contributed by atoms with Crippen molar-refractivity contribution >= 4 is 58.8 Å². The van der Waals surface area contributed by atoms with E-state index in [1.54, 1.807) is 36.4 Å². The van der Waals surface area contributed by atoms with Crippen molar-refractivity contribution in [3.05, 3.63) is 57.6 Å². The summed E-state index contributed by atoms with van der Waals surface area (Å²) in [5, 5.41) is 14.4. The molecule has 0 radical (unpaired) electrons. The van der Waals surface area contributed by atoms with E-state index in [1.807, 2.05) is 0 Å². The number of nitrogens with one attached hydrogen (secondary N) is 4. The van der Waals surface area contributed by atoms with E-state index in [2.05, 4.69) is 31.7 Å². The van der Waals surface area contributed by atoms with E-state index in [0.29, 0.717) is 32.5 Å². The van der Waals surface area contributed by atoms with Crippen molar-refractivity contribution in [3.8, 4) is 0 Å². The van der Waals surface area contributed by atoms with Gasteiger partial charge in [0.05, 0.1) is 23.8 Å². The maximum Gasteiger partial charge on any atom is 0.221 e. The number of nitrogens with zero attached hydrogens (tertiary/aromatic N) is 2. The quantitative estimate of drug-likeness (QED) is 0.240. The maximum atomic E-state index is 11.3. The van der Waals surface area contributed by atoms with Crippen LogP contribution in [0.15, 0.2) is 46.6 Å². The average molecular weight is 450 g/mol. The molecule has 6 N–H and O–H groups in total. The van der Waals surface area contributed by atoms with Crippen LogP contribution >= 0.6 is 23.2 Å². The molecule has 0 unspecified atom stereocenters. The van der Waals surface area contributed by atoms with Gasteiger partial charge in [0.2, 0.25) is 11.8 Å². The molecule has 0 heterocycles. The van der Waals surface area contributed by atoms with E-state index in [9.17, 15) is 9.59 Å². The largest absolute Gasteiger partial charge is 0.326 e. The SMILES string of the molecule is CC(=O)Nc1cc(Cl)ccc1/C=N/NC(N)N/N=C/c1ccc(Cl)cc1NC(C)=O. The minimum Gasteiger partial charge on any atom is -0.326 e. The highest BCUT2D eigenvalue weighted by Crippen LogP contribution is 2.20. The lowest BCUT2D eigenvalue weighted by molar-refractivity contribution is -0.115. The fourth-order valence-electron chi connectivity index (χ4n) is 2.28. The van der Waals surface area contributed by atoms with Crippen LogP contribution in [0.25, 0.3) is 0 Å². The van der Waals surface area contributed by atoms with Gasteiger partial charge in [-0.1, -0.05) is 23.2 Å². The van der Waals surface area contributed by atoms with Gasteiger partial charge in [0.15, 0.2) is 6.29 Å². The molecule has 0 fully saturated rings. The molecule has 0 atom stereocenters. The molecule has 2 aromatic rings. The molecule has 0 spiro atoms. The van der Waals surface area contributed by atoms with Gasteiger partial charge < -0.3 is 10.6 Å². The summed E-state index contributed by atoms with van der Waals surface area (Å²) in [6.45, 7) is 2.80. The van der Waals surface area contributed by atoms with Gasteiger partial charge in [0.1, 0.15) is 0 Å². The summed E-state index contributed by atoms with van der Waals surface area (Å²) in [5.74, 6) is -0.457. The van der Waals surface area contributed by atoms with E-state index < -0.39 is 6.29 Å².